The van der Waals surface area contributed by atoms with Gasteiger partial charge >= 0.3 is 5.97 Å². The normalized spacial score (nSPS) is 12.8. The van der Waals surface area contributed by atoms with Gasteiger partial charge in [-0.3, -0.25) is 9.59 Å². The third-order valence-electron chi connectivity index (χ3n) is 3.86. The molecule has 0 bridgehead atoms. The quantitative estimate of drug-likeness (QED) is 0.186. The molecular formula is C21H36O4. The zero-order valence-corrected chi connectivity index (χ0v) is 16.0. The Kier molecular flexibility index (Phi) is 16.4. The van der Waals surface area contributed by atoms with Gasteiger partial charge in [0.15, 0.2) is 5.78 Å². The third kappa shape index (κ3) is 18.8. The summed E-state index contributed by atoms with van der Waals surface area (Å²) in [6, 6.07) is 0. The lowest BCUT2D eigenvalue weighted by atomic mass is 10.1. The van der Waals surface area contributed by atoms with E-state index >= 15 is 0 Å². The lowest BCUT2D eigenvalue weighted by Gasteiger charge is -2.07. The molecule has 0 rings (SSSR count). The largest absolute Gasteiger partial charge is 0.463 e. The Labute approximate surface area is 153 Å². The summed E-state index contributed by atoms with van der Waals surface area (Å²) in [6.07, 6.45) is 19.0. The minimum absolute atomic E-state index is 0.00275. The van der Waals surface area contributed by atoms with Crippen LogP contribution in [0.25, 0.3) is 0 Å². The fourth-order valence-electron chi connectivity index (χ4n) is 2.48. The molecule has 0 spiro atoms. The SMILES string of the molecule is CCC=CCCCCCCCCCC=CC(=O)C[C@@H](O)COC(C)=O. The van der Waals surface area contributed by atoms with E-state index in [4.69, 9.17) is 0 Å². The Morgan fingerprint density at radius 3 is 2.04 bits per heavy atom. The molecule has 0 aromatic heterocycles. The fraction of sp³-hybridized carbons (Fsp3) is 0.714. The Morgan fingerprint density at radius 1 is 0.920 bits per heavy atom. The molecule has 0 aliphatic carbocycles. The minimum atomic E-state index is -0.918. The number of esters is 1. The van der Waals surface area contributed by atoms with Crippen LogP contribution in [0.5, 0.6) is 0 Å². The summed E-state index contributed by atoms with van der Waals surface area (Å²) >= 11 is 0. The number of rotatable bonds is 16. The van der Waals surface area contributed by atoms with E-state index in [1.54, 1.807) is 0 Å². The molecular weight excluding hydrogens is 316 g/mol. The van der Waals surface area contributed by atoms with E-state index in [1.807, 2.05) is 6.08 Å². The van der Waals surface area contributed by atoms with Gasteiger partial charge in [0, 0.05) is 13.3 Å². The molecule has 0 aliphatic heterocycles. The van der Waals surface area contributed by atoms with Gasteiger partial charge in [0.2, 0.25) is 0 Å². The van der Waals surface area contributed by atoms with Crippen molar-refractivity contribution in [2.75, 3.05) is 6.61 Å². The average molecular weight is 353 g/mol. The first-order valence-corrected chi connectivity index (χ1v) is 9.72. The van der Waals surface area contributed by atoms with Gasteiger partial charge in [0.25, 0.3) is 0 Å². The number of hydrogen-bond donors (Lipinski definition) is 1. The van der Waals surface area contributed by atoms with Gasteiger partial charge in [-0.25, -0.2) is 0 Å². The van der Waals surface area contributed by atoms with Crippen molar-refractivity contribution in [3.05, 3.63) is 24.3 Å². The maximum Gasteiger partial charge on any atom is 0.302 e. The number of carbonyl (C=O) groups is 2. The van der Waals surface area contributed by atoms with Crippen LogP contribution in [0, 0.1) is 0 Å². The van der Waals surface area contributed by atoms with Gasteiger partial charge < -0.3 is 9.84 Å². The summed E-state index contributed by atoms with van der Waals surface area (Å²) in [4.78, 5) is 22.2. The molecule has 0 saturated heterocycles. The first kappa shape index (κ1) is 23.6. The second-order valence-corrected chi connectivity index (χ2v) is 6.46. The van der Waals surface area contributed by atoms with Crippen LogP contribution in [0.3, 0.4) is 0 Å². The van der Waals surface area contributed by atoms with Gasteiger partial charge in [-0.05, 0) is 38.2 Å². The molecule has 0 fully saturated rings. The maximum atomic E-state index is 11.6. The van der Waals surface area contributed by atoms with E-state index in [1.165, 1.54) is 57.9 Å². The van der Waals surface area contributed by atoms with Gasteiger partial charge in [-0.2, -0.15) is 0 Å². The highest BCUT2D eigenvalue weighted by Crippen LogP contribution is 2.10. The lowest BCUT2D eigenvalue weighted by molar-refractivity contribution is -0.144. The Balaban J connectivity index is 3.43. The van der Waals surface area contributed by atoms with E-state index in [2.05, 4.69) is 23.8 Å². The zero-order chi connectivity index (χ0) is 18.8. The van der Waals surface area contributed by atoms with E-state index in [0.29, 0.717) is 0 Å². The summed E-state index contributed by atoms with van der Waals surface area (Å²) < 4.78 is 4.66. The predicted octanol–water partition coefficient (Wildman–Crippen LogP) is 4.90. The Hall–Kier alpha value is -1.42. The van der Waals surface area contributed by atoms with Gasteiger partial charge in [-0.15, -0.1) is 0 Å². The molecule has 144 valence electrons. The second-order valence-electron chi connectivity index (χ2n) is 6.46. The number of carbonyl (C=O) groups excluding carboxylic acids is 2. The lowest BCUT2D eigenvalue weighted by Crippen LogP contribution is -2.20. The monoisotopic (exact) mass is 352 g/mol. The molecule has 0 aromatic rings. The van der Waals surface area contributed by atoms with Crippen LogP contribution in [0.2, 0.25) is 0 Å². The Bertz CT molecular complexity index is 399. The van der Waals surface area contributed by atoms with Gasteiger partial charge in [0.05, 0.1) is 6.10 Å². The van der Waals surface area contributed by atoms with Crippen LogP contribution in [-0.4, -0.2) is 29.6 Å². The van der Waals surface area contributed by atoms with Gasteiger partial charge in [0.1, 0.15) is 6.61 Å². The van der Waals surface area contributed by atoms with Crippen LogP contribution >= 0.6 is 0 Å². The van der Waals surface area contributed by atoms with Crippen molar-refractivity contribution < 1.29 is 19.4 Å². The van der Waals surface area contributed by atoms with Crippen LogP contribution in [-0.2, 0) is 14.3 Å². The predicted molar refractivity (Wildman–Crippen MR) is 102 cm³/mol. The van der Waals surface area contributed by atoms with Crippen molar-refractivity contribution in [2.24, 2.45) is 0 Å². The first-order chi connectivity index (χ1) is 12.1. The molecule has 0 aliphatic rings. The van der Waals surface area contributed by atoms with E-state index in [9.17, 15) is 14.7 Å². The number of aliphatic hydroxyl groups excluding tert-OH is 1. The number of aliphatic hydroxyl groups is 1. The molecule has 25 heavy (non-hydrogen) atoms. The van der Waals surface area contributed by atoms with E-state index < -0.39 is 12.1 Å². The third-order valence-corrected chi connectivity index (χ3v) is 3.86. The molecule has 0 heterocycles. The molecule has 0 aromatic carbocycles. The van der Waals surface area contributed by atoms with Crippen molar-refractivity contribution >= 4 is 11.8 Å². The standard InChI is InChI=1S/C21H36O4/c1-3-4-5-6-7-8-9-10-11-12-13-14-15-16-20(23)17-21(24)18-25-19(2)22/h4-5,15-16,21,24H,3,6-14,17-18H2,1-2H3/t21-/m1/s1. The summed E-state index contributed by atoms with van der Waals surface area (Å²) in [5, 5.41) is 9.54. The summed E-state index contributed by atoms with van der Waals surface area (Å²) in [5.74, 6) is -0.577. The van der Waals surface area contributed by atoms with Crippen molar-refractivity contribution in [1.29, 1.82) is 0 Å². The number of ketones is 1. The Morgan fingerprint density at radius 2 is 1.48 bits per heavy atom. The molecule has 0 amide bonds. The van der Waals surface area contributed by atoms with Crippen molar-refractivity contribution in [3.8, 4) is 0 Å². The smallest absolute Gasteiger partial charge is 0.302 e. The molecule has 4 nitrogen and oxygen atoms in total. The number of allylic oxidation sites excluding steroid dienone is 4. The van der Waals surface area contributed by atoms with Crippen LogP contribution in [0.1, 0.15) is 84.5 Å². The number of unbranched alkanes of at least 4 members (excludes halogenated alkanes) is 8. The molecule has 1 atom stereocenters. The topological polar surface area (TPSA) is 63.6 Å². The number of hydrogen-bond acceptors (Lipinski definition) is 4. The van der Waals surface area contributed by atoms with Crippen LogP contribution in [0.4, 0.5) is 0 Å². The molecule has 4 heteroatoms. The van der Waals surface area contributed by atoms with E-state index in [0.717, 1.165) is 19.3 Å². The minimum Gasteiger partial charge on any atom is -0.463 e. The zero-order valence-electron chi connectivity index (χ0n) is 16.0. The highest BCUT2D eigenvalue weighted by atomic mass is 16.5. The van der Waals surface area contributed by atoms with Crippen molar-refractivity contribution in [2.45, 2.75) is 90.6 Å². The summed E-state index contributed by atoms with van der Waals surface area (Å²) in [5.41, 5.74) is 0. The summed E-state index contributed by atoms with van der Waals surface area (Å²) in [7, 11) is 0. The first-order valence-electron chi connectivity index (χ1n) is 9.72. The molecule has 0 saturated carbocycles. The van der Waals surface area contributed by atoms with Crippen LogP contribution < -0.4 is 0 Å². The highest BCUT2D eigenvalue weighted by molar-refractivity contribution is 5.89. The second kappa shape index (κ2) is 17.4. The van der Waals surface area contributed by atoms with Crippen molar-refractivity contribution in [1.82, 2.24) is 0 Å². The van der Waals surface area contributed by atoms with E-state index in [-0.39, 0.29) is 18.8 Å². The molecule has 0 unspecified atom stereocenters. The van der Waals surface area contributed by atoms with Crippen molar-refractivity contribution in [3.63, 3.8) is 0 Å². The number of ether oxygens (including phenoxy) is 1. The van der Waals surface area contributed by atoms with Gasteiger partial charge in [-0.1, -0.05) is 57.3 Å². The average Bonchev–Trinajstić information content (AvgIpc) is 2.57. The highest BCUT2D eigenvalue weighted by Gasteiger charge is 2.09. The molecule has 0 radical (unpaired) electrons. The van der Waals surface area contributed by atoms with Crippen LogP contribution in [0.15, 0.2) is 24.3 Å². The summed E-state index contributed by atoms with van der Waals surface area (Å²) in [6.45, 7) is 3.32. The fourth-order valence-corrected chi connectivity index (χ4v) is 2.48. The molecule has 1 N–H and O–H groups in total. The maximum absolute atomic E-state index is 11.6.